The van der Waals surface area contributed by atoms with E-state index >= 15 is 0 Å². The third-order valence-corrected chi connectivity index (χ3v) is 2.44. The number of hydrogen-bond donors (Lipinski definition) is 1. The van der Waals surface area contributed by atoms with Crippen molar-refractivity contribution in [1.29, 1.82) is 0 Å². The highest BCUT2D eigenvalue weighted by molar-refractivity contribution is 5.04. The molecular weight excluding hydrogens is 178 g/mol. The van der Waals surface area contributed by atoms with Crippen molar-refractivity contribution >= 4 is 0 Å². The minimum Gasteiger partial charge on any atom is -0.338 e. The van der Waals surface area contributed by atoms with E-state index in [9.17, 15) is 0 Å². The van der Waals surface area contributed by atoms with Crippen molar-refractivity contribution in [1.82, 2.24) is 10.1 Å². The van der Waals surface area contributed by atoms with Crippen LogP contribution in [0.2, 0.25) is 0 Å². The Balaban J connectivity index is 2.00. The van der Waals surface area contributed by atoms with Gasteiger partial charge in [0.25, 0.3) is 0 Å². The van der Waals surface area contributed by atoms with Crippen molar-refractivity contribution < 1.29 is 4.52 Å². The van der Waals surface area contributed by atoms with Crippen LogP contribution in [0.5, 0.6) is 0 Å². The van der Waals surface area contributed by atoms with Crippen molar-refractivity contribution in [2.24, 2.45) is 11.7 Å². The first-order valence-corrected chi connectivity index (χ1v) is 5.26. The zero-order valence-corrected chi connectivity index (χ0v) is 8.73. The fraction of sp³-hybridized carbons (Fsp3) is 0.800. The maximum Gasteiger partial charge on any atom is 0.243 e. The number of aromatic nitrogens is 2. The molecule has 4 nitrogen and oxygen atoms in total. The zero-order valence-electron chi connectivity index (χ0n) is 8.73. The van der Waals surface area contributed by atoms with Gasteiger partial charge < -0.3 is 10.3 Å². The summed E-state index contributed by atoms with van der Waals surface area (Å²) in [6.07, 6.45) is 3.28. The maximum absolute atomic E-state index is 5.93. The van der Waals surface area contributed by atoms with Crippen molar-refractivity contribution in [3.8, 4) is 0 Å². The van der Waals surface area contributed by atoms with Crippen LogP contribution in [0.25, 0.3) is 0 Å². The molecule has 14 heavy (non-hydrogen) atoms. The van der Waals surface area contributed by atoms with Gasteiger partial charge in [-0.15, -0.1) is 0 Å². The lowest BCUT2D eigenvalue weighted by Gasteiger charge is -2.08. The Bertz CT molecular complexity index is 304. The van der Waals surface area contributed by atoms with Crippen LogP contribution in [0, 0.1) is 5.92 Å². The molecule has 1 saturated carbocycles. The molecule has 1 atom stereocenters. The highest BCUT2D eigenvalue weighted by atomic mass is 16.5. The first-order chi connectivity index (χ1) is 6.66. The molecule has 0 bridgehead atoms. The van der Waals surface area contributed by atoms with Gasteiger partial charge in [0.15, 0.2) is 5.82 Å². The maximum atomic E-state index is 5.93. The fourth-order valence-corrected chi connectivity index (χ4v) is 1.51. The van der Waals surface area contributed by atoms with Gasteiger partial charge >= 0.3 is 0 Å². The molecule has 0 radical (unpaired) electrons. The fourth-order valence-electron chi connectivity index (χ4n) is 1.51. The van der Waals surface area contributed by atoms with Crippen LogP contribution < -0.4 is 5.73 Å². The Kier molecular flexibility index (Phi) is 2.54. The van der Waals surface area contributed by atoms with Crippen molar-refractivity contribution in [3.63, 3.8) is 0 Å². The third-order valence-electron chi connectivity index (χ3n) is 2.44. The second-order valence-electron chi connectivity index (χ2n) is 4.50. The average Bonchev–Trinajstić information content (AvgIpc) is 2.82. The summed E-state index contributed by atoms with van der Waals surface area (Å²) in [5, 5.41) is 3.94. The highest BCUT2D eigenvalue weighted by Gasteiger charge is 2.29. The first-order valence-electron chi connectivity index (χ1n) is 5.26. The first kappa shape index (κ1) is 9.65. The molecule has 0 aromatic carbocycles. The highest BCUT2D eigenvalue weighted by Crippen LogP contribution is 2.38. The van der Waals surface area contributed by atoms with E-state index in [2.05, 4.69) is 24.0 Å². The van der Waals surface area contributed by atoms with Gasteiger partial charge in [0.05, 0.1) is 6.04 Å². The molecule has 1 aromatic rings. The van der Waals surface area contributed by atoms with Crippen LogP contribution in [-0.2, 0) is 0 Å². The molecule has 1 aliphatic carbocycles. The molecule has 1 heterocycles. The molecule has 0 aliphatic heterocycles. The minimum atomic E-state index is -0.102. The SMILES string of the molecule is CC(C)C[C@@H](N)c1nc(C2CC2)no1. The Morgan fingerprint density at radius 1 is 1.50 bits per heavy atom. The lowest BCUT2D eigenvalue weighted by Crippen LogP contribution is -2.13. The second-order valence-corrected chi connectivity index (χ2v) is 4.50. The molecule has 1 aliphatic rings. The van der Waals surface area contributed by atoms with Gasteiger partial charge in [-0.05, 0) is 25.2 Å². The van der Waals surface area contributed by atoms with Gasteiger partial charge in [-0.25, -0.2) is 0 Å². The Morgan fingerprint density at radius 3 is 2.79 bits per heavy atom. The van der Waals surface area contributed by atoms with Crippen LogP contribution in [0.15, 0.2) is 4.52 Å². The molecule has 2 N–H and O–H groups in total. The van der Waals surface area contributed by atoms with E-state index in [0.717, 1.165) is 12.2 Å². The van der Waals surface area contributed by atoms with Gasteiger partial charge in [-0.1, -0.05) is 19.0 Å². The molecule has 78 valence electrons. The van der Waals surface area contributed by atoms with Crippen LogP contribution in [-0.4, -0.2) is 10.1 Å². The van der Waals surface area contributed by atoms with Crippen LogP contribution in [0.1, 0.15) is 56.8 Å². The number of nitrogens with zero attached hydrogens (tertiary/aromatic N) is 2. The smallest absolute Gasteiger partial charge is 0.243 e. The van der Waals surface area contributed by atoms with E-state index in [1.807, 2.05) is 0 Å². The summed E-state index contributed by atoms with van der Waals surface area (Å²) in [5.41, 5.74) is 5.93. The van der Waals surface area contributed by atoms with Crippen molar-refractivity contribution in [2.45, 2.75) is 45.1 Å². The summed E-state index contributed by atoms with van der Waals surface area (Å²) in [6, 6.07) is -0.102. The second kappa shape index (κ2) is 3.69. The normalized spacial score (nSPS) is 18.9. The quantitative estimate of drug-likeness (QED) is 0.798. The molecule has 4 heteroatoms. The van der Waals surface area contributed by atoms with E-state index in [1.165, 1.54) is 12.8 Å². The summed E-state index contributed by atoms with van der Waals surface area (Å²) in [6.45, 7) is 4.27. The summed E-state index contributed by atoms with van der Waals surface area (Å²) < 4.78 is 5.14. The van der Waals surface area contributed by atoms with Gasteiger partial charge in [0.2, 0.25) is 5.89 Å². The monoisotopic (exact) mass is 195 g/mol. The van der Waals surface area contributed by atoms with Gasteiger partial charge in [-0.2, -0.15) is 4.98 Å². The van der Waals surface area contributed by atoms with E-state index in [0.29, 0.717) is 17.7 Å². The molecule has 0 unspecified atom stereocenters. The predicted molar refractivity (Wildman–Crippen MR) is 52.7 cm³/mol. The van der Waals surface area contributed by atoms with Crippen LogP contribution in [0.4, 0.5) is 0 Å². The van der Waals surface area contributed by atoms with E-state index in [-0.39, 0.29) is 6.04 Å². The van der Waals surface area contributed by atoms with Crippen LogP contribution >= 0.6 is 0 Å². The standard InChI is InChI=1S/C10H17N3O/c1-6(2)5-8(11)10-12-9(13-14-10)7-3-4-7/h6-8H,3-5,11H2,1-2H3/t8-/m1/s1. The van der Waals surface area contributed by atoms with E-state index in [1.54, 1.807) is 0 Å². The Labute approximate surface area is 83.9 Å². The largest absolute Gasteiger partial charge is 0.338 e. The molecule has 0 saturated heterocycles. The van der Waals surface area contributed by atoms with E-state index < -0.39 is 0 Å². The number of nitrogens with two attached hydrogens (primary N) is 1. The summed E-state index contributed by atoms with van der Waals surface area (Å²) in [4.78, 5) is 4.32. The van der Waals surface area contributed by atoms with E-state index in [4.69, 9.17) is 10.3 Å². The molecule has 0 spiro atoms. The van der Waals surface area contributed by atoms with Crippen LogP contribution in [0.3, 0.4) is 0 Å². The van der Waals surface area contributed by atoms with Gasteiger partial charge in [0, 0.05) is 5.92 Å². The number of rotatable bonds is 4. The van der Waals surface area contributed by atoms with Gasteiger partial charge in [-0.3, -0.25) is 0 Å². The Morgan fingerprint density at radius 2 is 2.21 bits per heavy atom. The van der Waals surface area contributed by atoms with Crippen molar-refractivity contribution in [2.75, 3.05) is 0 Å². The lowest BCUT2D eigenvalue weighted by atomic mass is 10.0. The van der Waals surface area contributed by atoms with Gasteiger partial charge in [0.1, 0.15) is 0 Å². The van der Waals surface area contributed by atoms with Crippen molar-refractivity contribution in [3.05, 3.63) is 11.7 Å². The zero-order chi connectivity index (χ0) is 10.1. The summed E-state index contributed by atoms with van der Waals surface area (Å²) >= 11 is 0. The average molecular weight is 195 g/mol. The molecule has 2 rings (SSSR count). The summed E-state index contributed by atoms with van der Waals surface area (Å²) in [5.74, 6) is 2.54. The molecule has 1 aromatic heterocycles. The molecule has 1 fully saturated rings. The summed E-state index contributed by atoms with van der Waals surface area (Å²) in [7, 11) is 0. The minimum absolute atomic E-state index is 0.102. The Hall–Kier alpha value is -0.900. The predicted octanol–water partition coefficient (Wildman–Crippen LogP) is 1.99. The molecular formula is C10H17N3O. The number of hydrogen-bond acceptors (Lipinski definition) is 4. The molecule has 0 amide bonds. The lowest BCUT2D eigenvalue weighted by molar-refractivity contribution is 0.332. The topological polar surface area (TPSA) is 64.9 Å². The third kappa shape index (κ3) is 2.12.